The fourth-order valence-electron chi connectivity index (χ4n) is 3.25. The molecule has 4 rings (SSSR count). The Morgan fingerprint density at radius 3 is 2.70 bits per heavy atom. The van der Waals surface area contributed by atoms with Gasteiger partial charge < -0.3 is 9.52 Å². The summed E-state index contributed by atoms with van der Waals surface area (Å²) in [5, 5.41) is 10.2. The number of benzene rings is 2. The second-order valence-electron chi connectivity index (χ2n) is 7.10. The summed E-state index contributed by atoms with van der Waals surface area (Å²) in [5.74, 6) is 0.508. The van der Waals surface area contributed by atoms with Crippen molar-refractivity contribution < 1.29 is 17.9 Å². The summed E-state index contributed by atoms with van der Waals surface area (Å²) < 4.78 is 32.3. The van der Waals surface area contributed by atoms with Crippen molar-refractivity contribution in [2.45, 2.75) is 19.8 Å². The number of aromatic hydroxyl groups is 1. The van der Waals surface area contributed by atoms with Crippen molar-refractivity contribution in [3.05, 3.63) is 65.7 Å². The highest BCUT2D eigenvalue weighted by Gasteiger charge is 2.17. The van der Waals surface area contributed by atoms with E-state index in [0.29, 0.717) is 29.1 Å². The number of hydrogen-bond donors (Lipinski definition) is 2. The molecule has 7 heteroatoms. The van der Waals surface area contributed by atoms with Crippen LogP contribution in [0.25, 0.3) is 23.0 Å². The van der Waals surface area contributed by atoms with E-state index in [4.69, 9.17) is 4.42 Å². The number of fused-ring (bicyclic) bond motifs is 1. The number of allylic oxidation sites excluding steroid dienone is 1. The minimum absolute atomic E-state index is 0.0958. The molecule has 6 nitrogen and oxygen atoms in total. The Morgan fingerprint density at radius 1 is 1.13 bits per heavy atom. The average molecular weight is 423 g/mol. The van der Waals surface area contributed by atoms with E-state index in [1.165, 1.54) is 0 Å². The van der Waals surface area contributed by atoms with Crippen LogP contribution < -0.4 is 4.72 Å². The zero-order chi connectivity index (χ0) is 21.1. The molecule has 2 aromatic carbocycles. The van der Waals surface area contributed by atoms with Crippen LogP contribution in [0.4, 0.5) is 11.4 Å². The van der Waals surface area contributed by atoms with Crippen LogP contribution in [0.5, 0.6) is 5.95 Å². The van der Waals surface area contributed by atoms with Crippen LogP contribution in [0.3, 0.4) is 0 Å². The molecule has 0 unspecified atom stereocenters. The molecule has 0 aliphatic carbocycles. The molecule has 0 saturated carbocycles. The number of nitrogens with one attached hydrogen (secondary N) is 1. The smallest absolute Gasteiger partial charge is 0.289 e. The molecule has 0 bridgehead atoms. The van der Waals surface area contributed by atoms with Crippen molar-refractivity contribution in [3.63, 3.8) is 0 Å². The number of hydrogen-bond acceptors (Lipinski definition) is 5. The first-order chi connectivity index (χ1) is 14.4. The van der Waals surface area contributed by atoms with Gasteiger partial charge >= 0.3 is 0 Å². The number of sulfonamides is 1. The van der Waals surface area contributed by atoms with Crippen molar-refractivity contribution in [2.24, 2.45) is 4.99 Å². The number of anilines is 1. The number of unbranched alkanes of at least 4 members (excludes halogenated alkanes) is 1. The monoisotopic (exact) mass is 422 g/mol. The SMILES string of the molecule is CCCCS(=O)(=O)Nc1ccc2c(c1)N=CC2=Cc1cc(-c2ccccc2)oc1O. The van der Waals surface area contributed by atoms with E-state index < -0.39 is 10.0 Å². The predicted molar refractivity (Wildman–Crippen MR) is 121 cm³/mol. The van der Waals surface area contributed by atoms with E-state index in [1.54, 1.807) is 30.5 Å². The highest BCUT2D eigenvalue weighted by Crippen LogP contribution is 2.37. The second kappa shape index (κ2) is 8.20. The minimum atomic E-state index is -3.37. The molecule has 0 spiro atoms. The van der Waals surface area contributed by atoms with Crippen molar-refractivity contribution >= 4 is 39.3 Å². The molecule has 0 atom stereocenters. The van der Waals surface area contributed by atoms with Crippen LogP contribution in [0.2, 0.25) is 0 Å². The fourth-order valence-corrected chi connectivity index (χ4v) is 4.50. The largest absolute Gasteiger partial charge is 0.480 e. The second-order valence-corrected chi connectivity index (χ2v) is 8.94. The Hall–Kier alpha value is -3.32. The molecule has 154 valence electrons. The van der Waals surface area contributed by atoms with Gasteiger partial charge in [-0.15, -0.1) is 0 Å². The molecule has 2 N–H and O–H groups in total. The summed E-state index contributed by atoms with van der Waals surface area (Å²) in [6.07, 6.45) is 4.92. The van der Waals surface area contributed by atoms with Gasteiger partial charge in [0.05, 0.1) is 22.7 Å². The fraction of sp³-hybridized carbons (Fsp3) is 0.174. The van der Waals surface area contributed by atoms with Crippen molar-refractivity contribution in [3.8, 4) is 17.3 Å². The van der Waals surface area contributed by atoms with Crippen LogP contribution in [0.1, 0.15) is 30.9 Å². The molecule has 2 heterocycles. The lowest BCUT2D eigenvalue weighted by Crippen LogP contribution is -2.16. The van der Waals surface area contributed by atoms with Crippen molar-refractivity contribution in [1.29, 1.82) is 0 Å². The first kappa shape index (κ1) is 20.0. The molecule has 1 aliphatic rings. The molecule has 1 aromatic heterocycles. The van der Waals surface area contributed by atoms with Gasteiger partial charge in [-0.1, -0.05) is 49.7 Å². The zero-order valence-electron chi connectivity index (χ0n) is 16.5. The van der Waals surface area contributed by atoms with Gasteiger partial charge in [-0.3, -0.25) is 9.71 Å². The third kappa shape index (κ3) is 4.31. The minimum Gasteiger partial charge on any atom is -0.480 e. The molecule has 1 aliphatic heterocycles. The van der Waals surface area contributed by atoms with Gasteiger partial charge in [0.1, 0.15) is 5.76 Å². The maximum absolute atomic E-state index is 12.1. The van der Waals surface area contributed by atoms with E-state index in [0.717, 1.165) is 23.1 Å². The van der Waals surface area contributed by atoms with E-state index in [-0.39, 0.29) is 11.7 Å². The molecule has 0 saturated heterocycles. The van der Waals surface area contributed by atoms with Crippen LogP contribution in [-0.4, -0.2) is 25.5 Å². The first-order valence-corrected chi connectivity index (χ1v) is 11.4. The summed E-state index contributed by atoms with van der Waals surface area (Å²) in [7, 11) is -3.37. The summed E-state index contributed by atoms with van der Waals surface area (Å²) in [5.41, 5.74) is 4.24. The van der Waals surface area contributed by atoms with Crippen LogP contribution >= 0.6 is 0 Å². The van der Waals surface area contributed by atoms with Crippen LogP contribution in [0.15, 0.2) is 64.0 Å². The molecule has 30 heavy (non-hydrogen) atoms. The molecule has 0 amide bonds. The molecular formula is C23H22N2O4S. The van der Waals surface area contributed by atoms with Gasteiger partial charge in [-0.2, -0.15) is 0 Å². The standard InChI is InChI=1S/C23H22N2O4S/c1-2-3-11-30(27,28)25-19-9-10-20-18(15-24-21(20)14-19)12-17-13-22(29-23(17)26)16-7-5-4-6-8-16/h4-10,12-15,25-26H,2-3,11H2,1H3. The highest BCUT2D eigenvalue weighted by molar-refractivity contribution is 7.92. The van der Waals surface area contributed by atoms with E-state index in [9.17, 15) is 13.5 Å². The van der Waals surface area contributed by atoms with Crippen molar-refractivity contribution in [1.82, 2.24) is 0 Å². The highest BCUT2D eigenvalue weighted by atomic mass is 32.2. The lowest BCUT2D eigenvalue weighted by molar-refractivity contribution is 0.337. The number of furan rings is 1. The van der Waals surface area contributed by atoms with Crippen molar-refractivity contribution in [2.75, 3.05) is 10.5 Å². The predicted octanol–water partition coefficient (Wildman–Crippen LogP) is 5.45. The first-order valence-electron chi connectivity index (χ1n) is 9.74. The maximum atomic E-state index is 12.1. The summed E-state index contributed by atoms with van der Waals surface area (Å²) >= 11 is 0. The average Bonchev–Trinajstić information content (AvgIpc) is 3.30. The Morgan fingerprint density at radius 2 is 1.93 bits per heavy atom. The lowest BCUT2D eigenvalue weighted by atomic mass is 10.0. The number of rotatable bonds is 7. The van der Waals surface area contributed by atoms with Crippen LogP contribution in [-0.2, 0) is 10.0 Å². The molecule has 3 aromatic rings. The van der Waals surface area contributed by atoms with E-state index >= 15 is 0 Å². The number of aliphatic imine (C=N–C) groups is 1. The van der Waals surface area contributed by atoms with Gasteiger partial charge in [0.25, 0.3) is 5.95 Å². The van der Waals surface area contributed by atoms with Gasteiger partial charge in [0, 0.05) is 22.9 Å². The van der Waals surface area contributed by atoms with Gasteiger partial charge in [-0.05, 0) is 30.7 Å². The van der Waals surface area contributed by atoms with Gasteiger partial charge in [0.2, 0.25) is 10.0 Å². The maximum Gasteiger partial charge on any atom is 0.289 e. The summed E-state index contributed by atoms with van der Waals surface area (Å²) in [6.45, 7) is 1.95. The third-order valence-electron chi connectivity index (χ3n) is 4.80. The summed E-state index contributed by atoms with van der Waals surface area (Å²) in [6, 6.07) is 16.6. The van der Waals surface area contributed by atoms with Gasteiger partial charge in [0.15, 0.2) is 0 Å². The van der Waals surface area contributed by atoms with Crippen LogP contribution in [0, 0.1) is 0 Å². The Bertz CT molecular complexity index is 1230. The molecular weight excluding hydrogens is 400 g/mol. The third-order valence-corrected chi connectivity index (χ3v) is 6.17. The summed E-state index contributed by atoms with van der Waals surface area (Å²) in [4.78, 5) is 4.38. The van der Waals surface area contributed by atoms with E-state index in [1.807, 2.05) is 43.3 Å². The Kier molecular flexibility index (Phi) is 5.46. The lowest BCUT2D eigenvalue weighted by Gasteiger charge is -2.09. The molecule has 0 fully saturated rings. The molecule has 0 radical (unpaired) electrons. The van der Waals surface area contributed by atoms with E-state index in [2.05, 4.69) is 9.71 Å². The zero-order valence-corrected chi connectivity index (χ0v) is 17.3. The Balaban J connectivity index is 1.58. The Labute approximate surface area is 175 Å². The quantitative estimate of drug-likeness (QED) is 0.529. The topological polar surface area (TPSA) is 91.9 Å². The van der Waals surface area contributed by atoms with Gasteiger partial charge in [-0.25, -0.2) is 8.42 Å². The normalized spacial score (nSPS) is 14.2. The number of nitrogens with zero attached hydrogens (tertiary/aromatic N) is 1.